The summed E-state index contributed by atoms with van der Waals surface area (Å²) in [7, 11) is 0. The summed E-state index contributed by atoms with van der Waals surface area (Å²) in [5, 5.41) is 7.31. The van der Waals surface area contributed by atoms with Gasteiger partial charge < -0.3 is 16.4 Å². The van der Waals surface area contributed by atoms with Crippen molar-refractivity contribution >= 4 is 23.2 Å². The Bertz CT molecular complexity index is 363. The summed E-state index contributed by atoms with van der Waals surface area (Å²) in [4.78, 5) is 23.3. The van der Waals surface area contributed by atoms with Crippen LogP contribution < -0.4 is 16.4 Å². The van der Waals surface area contributed by atoms with Gasteiger partial charge in [0.2, 0.25) is 5.91 Å². The average Bonchev–Trinajstić information content (AvgIpc) is 2.81. The fourth-order valence-corrected chi connectivity index (χ4v) is 1.80. The molecule has 1 rings (SSSR count). The Hall–Kier alpha value is -1.40. The Labute approximate surface area is 104 Å². The molecule has 0 aromatic carbocycles. The van der Waals surface area contributed by atoms with Gasteiger partial charge in [0.25, 0.3) is 5.91 Å². The molecule has 1 aromatic heterocycles. The van der Waals surface area contributed by atoms with Gasteiger partial charge in [0, 0.05) is 13.1 Å². The van der Waals surface area contributed by atoms with Crippen LogP contribution in [0.2, 0.25) is 0 Å². The molecule has 0 aliphatic rings. The van der Waals surface area contributed by atoms with Gasteiger partial charge in [-0.3, -0.25) is 9.59 Å². The highest BCUT2D eigenvalue weighted by Crippen LogP contribution is 2.07. The maximum Gasteiger partial charge on any atom is 0.261 e. The highest BCUT2D eigenvalue weighted by Gasteiger charge is 2.06. The predicted molar refractivity (Wildman–Crippen MR) is 67.9 cm³/mol. The molecule has 0 aliphatic carbocycles. The number of hydrogen-bond acceptors (Lipinski definition) is 4. The first-order chi connectivity index (χ1) is 8.11. The van der Waals surface area contributed by atoms with E-state index >= 15 is 0 Å². The standard InChI is InChI=1S/C11H17N3O2S/c1-8(12)10(15)13-5-3-6-14-11(16)9-4-2-7-17-9/h2,4,7-8H,3,5-6,12H2,1H3,(H,13,15)(H,14,16)/t8-/m0/s1. The molecule has 0 radical (unpaired) electrons. The normalized spacial score (nSPS) is 11.9. The molecule has 0 fully saturated rings. The van der Waals surface area contributed by atoms with Gasteiger partial charge in [0.15, 0.2) is 0 Å². The number of carbonyl (C=O) groups excluding carboxylic acids is 2. The molecule has 0 spiro atoms. The summed E-state index contributed by atoms with van der Waals surface area (Å²) in [6, 6.07) is 3.12. The van der Waals surface area contributed by atoms with Crippen molar-refractivity contribution in [3.05, 3.63) is 22.4 Å². The van der Waals surface area contributed by atoms with Crippen molar-refractivity contribution in [3.63, 3.8) is 0 Å². The lowest BCUT2D eigenvalue weighted by Crippen LogP contribution is -2.39. The van der Waals surface area contributed by atoms with Crippen LogP contribution in [-0.2, 0) is 4.79 Å². The first-order valence-corrected chi connectivity index (χ1v) is 6.34. The first kappa shape index (κ1) is 13.7. The average molecular weight is 255 g/mol. The fourth-order valence-electron chi connectivity index (χ4n) is 1.16. The monoisotopic (exact) mass is 255 g/mol. The lowest BCUT2D eigenvalue weighted by Gasteiger charge is -2.07. The molecule has 1 aromatic rings. The minimum absolute atomic E-state index is 0.0708. The third-order valence-corrected chi connectivity index (χ3v) is 2.97. The zero-order chi connectivity index (χ0) is 12.7. The maximum absolute atomic E-state index is 11.5. The summed E-state index contributed by atoms with van der Waals surface area (Å²) < 4.78 is 0. The van der Waals surface area contributed by atoms with Gasteiger partial charge in [-0.1, -0.05) is 6.07 Å². The lowest BCUT2D eigenvalue weighted by atomic mass is 10.3. The van der Waals surface area contributed by atoms with Crippen molar-refractivity contribution in [1.29, 1.82) is 0 Å². The second kappa shape index (κ2) is 7.03. The Morgan fingerprint density at radius 1 is 1.41 bits per heavy atom. The smallest absolute Gasteiger partial charge is 0.261 e. The van der Waals surface area contributed by atoms with Gasteiger partial charge in [-0.05, 0) is 24.8 Å². The third kappa shape index (κ3) is 4.97. The van der Waals surface area contributed by atoms with Crippen LogP contribution in [0.4, 0.5) is 0 Å². The van der Waals surface area contributed by atoms with Crippen LogP contribution in [0.1, 0.15) is 23.0 Å². The Balaban J connectivity index is 2.09. The molecule has 0 bridgehead atoms. The van der Waals surface area contributed by atoms with Gasteiger partial charge >= 0.3 is 0 Å². The summed E-state index contributed by atoms with van der Waals surface area (Å²) in [6.07, 6.45) is 0.690. The maximum atomic E-state index is 11.5. The number of rotatable bonds is 6. The molecule has 94 valence electrons. The molecule has 0 aliphatic heterocycles. The topological polar surface area (TPSA) is 84.2 Å². The van der Waals surface area contributed by atoms with E-state index in [1.54, 1.807) is 13.0 Å². The molecule has 1 atom stereocenters. The van der Waals surface area contributed by atoms with Gasteiger partial charge in [-0.15, -0.1) is 11.3 Å². The summed E-state index contributed by atoms with van der Waals surface area (Å²) in [5.74, 6) is -0.242. The molecule has 6 heteroatoms. The van der Waals surface area contributed by atoms with Crippen LogP contribution in [0.15, 0.2) is 17.5 Å². The number of carbonyl (C=O) groups is 2. The van der Waals surface area contributed by atoms with E-state index in [0.29, 0.717) is 24.4 Å². The highest BCUT2D eigenvalue weighted by atomic mass is 32.1. The number of thiophene rings is 1. The predicted octanol–water partition coefficient (Wildman–Crippen LogP) is 0.331. The van der Waals surface area contributed by atoms with E-state index in [1.807, 2.05) is 11.4 Å². The second-order valence-electron chi connectivity index (χ2n) is 3.67. The van der Waals surface area contributed by atoms with E-state index in [9.17, 15) is 9.59 Å². The number of nitrogens with one attached hydrogen (secondary N) is 2. The molecular formula is C11H17N3O2S. The van der Waals surface area contributed by atoms with Crippen LogP contribution in [0, 0.1) is 0 Å². The van der Waals surface area contributed by atoms with Crippen molar-refractivity contribution in [1.82, 2.24) is 10.6 Å². The number of nitrogens with two attached hydrogens (primary N) is 1. The molecule has 5 nitrogen and oxygen atoms in total. The Morgan fingerprint density at radius 3 is 2.71 bits per heavy atom. The van der Waals surface area contributed by atoms with Crippen LogP contribution in [0.25, 0.3) is 0 Å². The van der Waals surface area contributed by atoms with Gasteiger partial charge in [0.05, 0.1) is 10.9 Å². The molecule has 0 unspecified atom stereocenters. The van der Waals surface area contributed by atoms with Gasteiger partial charge in [-0.2, -0.15) is 0 Å². The fraction of sp³-hybridized carbons (Fsp3) is 0.455. The second-order valence-corrected chi connectivity index (χ2v) is 4.61. The summed E-state index contributed by atoms with van der Waals surface area (Å²) >= 11 is 1.41. The van der Waals surface area contributed by atoms with E-state index in [-0.39, 0.29) is 11.8 Å². The zero-order valence-corrected chi connectivity index (χ0v) is 10.5. The van der Waals surface area contributed by atoms with E-state index < -0.39 is 6.04 Å². The van der Waals surface area contributed by atoms with Gasteiger partial charge in [-0.25, -0.2) is 0 Å². The van der Waals surface area contributed by atoms with E-state index in [4.69, 9.17) is 5.73 Å². The zero-order valence-electron chi connectivity index (χ0n) is 9.73. The van der Waals surface area contributed by atoms with Crippen molar-refractivity contribution in [3.8, 4) is 0 Å². The van der Waals surface area contributed by atoms with Crippen molar-refractivity contribution in [2.75, 3.05) is 13.1 Å². The van der Waals surface area contributed by atoms with Crippen LogP contribution >= 0.6 is 11.3 Å². The molecule has 0 saturated carbocycles. The van der Waals surface area contributed by atoms with Crippen molar-refractivity contribution < 1.29 is 9.59 Å². The highest BCUT2D eigenvalue weighted by molar-refractivity contribution is 7.12. The quantitative estimate of drug-likeness (QED) is 0.641. The SMILES string of the molecule is C[C@H](N)C(=O)NCCCNC(=O)c1cccs1. The Morgan fingerprint density at radius 2 is 2.12 bits per heavy atom. The molecule has 2 amide bonds. The first-order valence-electron chi connectivity index (χ1n) is 5.46. The summed E-state index contributed by atoms with van der Waals surface area (Å²) in [6.45, 7) is 2.69. The van der Waals surface area contributed by atoms with Crippen LogP contribution in [0.5, 0.6) is 0 Å². The van der Waals surface area contributed by atoms with E-state index in [2.05, 4.69) is 10.6 Å². The molecule has 4 N–H and O–H groups in total. The third-order valence-electron chi connectivity index (χ3n) is 2.10. The van der Waals surface area contributed by atoms with Gasteiger partial charge in [0.1, 0.15) is 0 Å². The number of hydrogen-bond donors (Lipinski definition) is 3. The van der Waals surface area contributed by atoms with Crippen molar-refractivity contribution in [2.24, 2.45) is 5.73 Å². The molecule has 0 saturated heterocycles. The molecule has 1 heterocycles. The number of amides is 2. The Kier molecular flexibility index (Phi) is 5.65. The van der Waals surface area contributed by atoms with E-state index in [0.717, 1.165) is 0 Å². The van der Waals surface area contributed by atoms with Crippen LogP contribution in [0.3, 0.4) is 0 Å². The van der Waals surface area contributed by atoms with Crippen LogP contribution in [-0.4, -0.2) is 30.9 Å². The lowest BCUT2D eigenvalue weighted by molar-refractivity contribution is -0.121. The van der Waals surface area contributed by atoms with E-state index in [1.165, 1.54) is 11.3 Å². The van der Waals surface area contributed by atoms with Crippen molar-refractivity contribution in [2.45, 2.75) is 19.4 Å². The minimum Gasteiger partial charge on any atom is -0.355 e. The molecule has 17 heavy (non-hydrogen) atoms. The minimum atomic E-state index is -0.490. The largest absolute Gasteiger partial charge is 0.355 e. The molecular weight excluding hydrogens is 238 g/mol. The summed E-state index contributed by atoms with van der Waals surface area (Å²) in [5.41, 5.74) is 5.38.